The molecule has 3 amide bonds. The number of aromatic nitrogens is 1. The maximum absolute atomic E-state index is 14.4. The number of fused-ring (bicyclic) bond motifs is 1. The first-order valence-corrected chi connectivity index (χ1v) is 18.9. The highest BCUT2D eigenvalue weighted by Crippen LogP contribution is 2.27. The molecule has 1 fully saturated rings. The Hall–Kier alpha value is -4.52. The van der Waals surface area contributed by atoms with E-state index in [4.69, 9.17) is 9.72 Å². The molecule has 0 aliphatic carbocycles. The normalized spacial score (nSPS) is 16.8. The number of rotatable bonds is 16. The first-order valence-electron chi connectivity index (χ1n) is 17.4. The number of para-hydroxylation sites is 1. The molecule has 0 spiro atoms. The fraction of sp³-hybridized carbons (Fsp3) is 0.410. The number of aliphatic hydroxyl groups is 1. The van der Waals surface area contributed by atoms with Crippen LogP contribution in [0.5, 0.6) is 5.75 Å². The van der Waals surface area contributed by atoms with Crippen LogP contribution < -0.4 is 15.4 Å². The average Bonchev–Trinajstić information content (AvgIpc) is 3.46. The van der Waals surface area contributed by atoms with Crippen molar-refractivity contribution in [1.82, 2.24) is 24.8 Å². The van der Waals surface area contributed by atoms with E-state index in [1.807, 2.05) is 94.4 Å². The molecule has 1 aliphatic heterocycles. The van der Waals surface area contributed by atoms with Gasteiger partial charge < -0.3 is 25.4 Å². The molecule has 0 bridgehead atoms. The number of carbonyl (C=O) groups excluding carboxylic acids is 2. The zero-order valence-corrected chi connectivity index (χ0v) is 30.7. The highest BCUT2D eigenvalue weighted by Gasteiger charge is 2.42. The summed E-state index contributed by atoms with van der Waals surface area (Å²) < 4.78 is 34.3. The molecule has 1 aromatic heterocycles. The number of carbonyl (C=O) groups is 2. The first kappa shape index (κ1) is 37.7. The van der Waals surface area contributed by atoms with Crippen molar-refractivity contribution in [3.05, 3.63) is 102 Å². The highest BCUT2D eigenvalue weighted by molar-refractivity contribution is 7.89. The van der Waals surface area contributed by atoms with Crippen LogP contribution in [0.25, 0.3) is 10.9 Å². The minimum absolute atomic E-state index is 0.0341. The molecule has 11 nitrogen and oxygen atoms in total. The predicted molar refractivity (Wildman–Crippen MR) is 197 cm³/mol. The fourth-order valence-corrected chi connectivity index (χ4v) is 8.32. The lowest BCUT2D eigenvalue weighted by Gasteiger charge is -2.35. The van der Waals surface area contributed by atoms with Crippen molar-refractivity contribution in [3.8, 4) is 5.75 Å². The maximum Gasteiger partial charge on any atom is 0.318 e. The van der Waals surface area contributed by atoms with Crippen molar-refractivity contribution in [2.75, 3.05) is 26.7 Å². The molecule has 1 unspecified atom stereocenters. The van der Waals surface area contributed by atoms with E-state index >= 15 is 0 Å². The summed E-state index contributed by atoms with van der Waals surface area (Å²) in [4.78, 5) is 34.0. The minimum Gasteiger partial charge on any atom is -0.497 e. The van der Waals surface area contributed by atoms with Gasteiger partial charge in [0.25, 0.3) is 0 Å². The molecule has 2 heterocycles. The highest BCUT2D eigenvalue weighted by atomic mass is 32.2. The summed E-state index contributed by atoms with van der Waals surface area (Å²) in [6, 6.07) is 25.7. The summed E-state index contributed by atoms with van der Waals surface area (Å²) >= 11 is 0. The van der Waals surface area contributed by atoms with Gasteiger partial charge in [0, 0.05) is 25.0 Å². The number of nitrogens with zero attached hydrogens (tertiary/aromatic N) is 3. The Morgan fingerprint density at radius 2 is 1.67 bits per heavy atom. The summed E-state index contributed by atoms with van der Waals surface area (Å²) in [5, 5.41) is 18.8. The monoisotopic (exact) mass is 715 g/mol. The fourth-order valence-electron chi connectivity index (χ4n) is 6.70. The zero-order chi connectivity index (χ0) is 36.7. The third kappa shape index (κ3) is 9.24. The Labute approximate surface area is 301 Å². The SMILES string of the molecule is COc1ccc(S(=O)(=O)N(CC(C)C)C[C@@H](O)[C@H](Cc2ccccc2)NC(=O)[C@@H](C(C)C)C2CNC(=O)N2Cc2ccc3ccccc3n2)cc1. The number of benzene rings is 3. The maximum atomic E-state index is 14.4. The molecule has 272 valence electrons. The number of ether oxygens (including phenoxy) is 1. The van der Waals surface area contributed by atoms with Gasteiger partial charge in [-0.2, -0.15) is 4.31 Å². The van der Waals surface area contributed by atoms with Crippen LogP contribution in [0, 0.1) is 17.8 Å². The van der Waals surface area contributed by atoms with E-state index in [-0.39, 0.29) is 61.3 Å². The number of pyridine rings is 1. The summed E-state index contributed by atoms with van der Waals surface area (Å²) in [6.07, 6.45) is -0.988. The molecule has 3 N–H and O–H groups in total. The molecule has 1 saturated heterocycles. The van der Waals surface area contributed by atoms with E-state index in [0.29, 0.717) is 11.4 Å². The standard InChI is InChI=1S/C39H49N5O6S/c1-26(2)23-43(51(48,49)32-19-17-31(50-5)18-20-32)25-36(45)34(21-28-11-7-6-8-12-28)42-38(46)37(27(3)4)35-22-40-39(47)44(35)24-30-16-15-29-13-9-10-14-33(29)41-30/h6-20,26-27,34-37,45H,21-25H2,1-5H3,(H,40,47)(H,42,46)/t34-,35?,36+,37-/m0/s1. The Morgan fingerprint density at radius 3 is 2.33 bits per heavy atom. The van der Waals surface area contributed by atoms with Gasteiger partial charge in [-0.15, -0.1) is 0 Å². The predicted octanol–water partition coefficient (Wildman–Crippen LogP) is 4.84. The molecule has 3 aromatic carbocycles. The smallest absolute Gasteiger partial charge is 0.318 e. The van der Waals surface area contributed by atoms with Gasteiger partial charge in [-0.3, -0.25) is 9.78 Å². The molecule has 0 radical (unpaired) electrons. The van der Waals surface area contributed by atoms with Crippen molar-refractivity contribution in [2.45, 2.75) is 63.7 Å². The van der Waals surface area contributed by atoms with Crippen LogP contribution in [0.2, 0.25) is 0 Å². The van der Waals surface area contributed by atoms with Crippen LogP contribution in [0.15, 0.2) is 95.9 Å². The molecule has 4 aromatic rings. The summed E-state index contributed by atoms with van der Waals surface area (Å²) in [5.74, 6) is -0.632. The first-order chi connectivity index (χ1) is 24.4. The van der Waals surface area contributed by atoms with Crippen molar-refractivity contribution in [1.29, 1.82) is 0 Å². The average molecular weight is 716 g/mol. The van der Waals surface area contributed by atoms with E-state index in [2.05, 4.69) is 10.6 Å². The zero-order valence-electron chi connectivity index (χ0n) is 29.9. The minimum atomic E-state index is -4.00. The summed E-state index contributed by atoms with van der Waals surface area (Å²) in [7, 11) is -2.49. The number of sulfonamides is 1. The van der Waals surface area contributed by atoms with Gasteiger partial charge in [-0.1, -0.05) is 82.3 Å². The number of methoxy groups -OCH3 is 1. The van der Waals surface area contributed by atoms with E-state index in [0.717, 1.165) is 16.5 Å². The molecule has 12 heteroatoms. The summed E-state index contributed by atoms with van der Waals surface area (Å²) in [6.45, 7) is 8.13. The molecular formula is C39H49N5O6S. The second-order valence-corrected chi connectivity index (χ2v) is 15.8. The molecular weight excluding hydrogens is 667 g/mol. The number of hydrogen-bond acceptors (Lipinski definition) is 7. The Bertz CT molecular complexity index is 1890. The lowest BCUT2D eigenvalue weighted by molar-refractivity contribution is -0.129. The van der Waals surface area contributed by atoms with E-state index in [1.165, 1.54) is 23.5 Å². The lowest BCUT2D eigenvalue weighted by Crippen LogP contribution is -2.55. The number of urea groups is 1. The van der Waals surface area contributed by atoms with Crippen LogP contribution >= 0.6 is 0 Å². The van der Waals surface area contributed by atoms with Crippen LogP contribution in [0.1, 0.15) is 39.0 Å². The van der Waals surface area contributed by atoms with Crippen molar-refractivity contribution in [3.63, 3.8) is 0 Å². The van der Waals surface area contributed by atoms with Gasteiger partial charge in [0.15, 0.2) is 0 Å². The topological polar surface area (TPSA) is 141 Å². The van der Waals surface area contributed by atoms with Crippen LogP contribution in [-0.4, -0.2) is 84.6 Å². The number of hydrogen-bond donors (Lipinski definition) is 3. The Balaban J connectivity index is 1.40. The molecule has 0 saturated carbocycles. The molecule has 5 rings (SSSR count). The molecule has 1 aliphatic rings. The van der Waals surface area contributed by atoms with Crippen LogP contribution in [0.3, 0.4) is 0 Å². The van der Waals surface area contributed by atoms with Gasteiger partial charge in [-0.05, 0) is 60.2 Å². The van der Waals surface area contributed by atoms with Crippen molar-refractivity contribution < 1.29 is 27.9 Å². The third-order valence-electron chi connectivity index (χ3n) is 9.29. The number of aliphatic hydroxyl groups excluding tert-OH is 1. The van der Waals surface area contributed by atoms with Crippen LogP contribution in [-0.2, 0) is 27.8 Å². The third-order valence-corrected chi connectivity index (χ3v) is 11.1. The molecule has 51 heavy (non-hydrogen) atoms. The van der Waals surface area contributed by atoms with Crippen molar-refractivity contribution in [2.24, 2.45) is 17.8 Å². The van der Waals surface area contributed by atoms with Gasteiger partial charge in [0.05, 0.1) is 53.9 Å². The lowest BCUT2D eigenvalue weighted by atomic mass is 9.86. The van der Waals surface area contributed by atoms with E-state index in [9.17, 15) is 23.1 Å². The van der Waals surface area contributed by atoms with Gasteiger partial charge in [-0.25, -0.2) is 13.2 Å². The second kappa shape index (κ2) is 16.7. The van der Waals surface area contributed by atoms with E-state index in [1.54, 1.807) is 17.0 Å². The second-order valence-electron chi connectivity index (χ2n) is 13.9. The van der Waals surface area contributed by atoms with Crippen LogP contribution in [0.4, 0.5) is 4.79 Å². The summed E-state index contributed by atoms with van der Waals surface area (Å²) in [5.41, 5.74) is 2.40. The largest absolute Gasteiger partial charge is 0.497 e. The van der Waals surface area contributed by atoms with Gasteiger partial charge >= 0.3 is 6.03 Å². The van der Waals surface area contributed by atoms with E-state index < -0.39 is 34.1 Å². The molecule has 4 atom stereocenters. The number of nitrogens with one attached hydrogen (secondary N) is 2. The Morgan fingerprint density at radius 1 is 0.980 bits per heavy atom. The van der Waals surface area contributed by atoms with Gasteiger partial charge in [0.2, 0.25) is 15.9 Å². The number of amides is 3. The Kier molecular flexibility index (Phi) is 12.3. The van der Waals surface area contributed by atoms with Crippen molar-refractivity contribution >= 4 is 32.9 Å². The quantitative estimate of drug-likeness (QED) is 0.151. The van der Waals surface area contributed by atoms with Gasteiger partial charge in [0.1, 0.15) is 5.75 Å².